The fourth-order valence-electron chi connectivity index (χ4n) is 7.06. The van der Waals surface area contributed by atoms with Crippen molar-refractivity contribution in [3.63, 3.8) is 0 Å². The van der Waals surface area contributed by atoms with Crippen LogP contribution in [0.4, 0.5) is 0 Å². The number of ether oxygens (including phenoxy) is 2. The maximum atomic E-state index is 13.6. The third-order valence-corrected chi connectivity index (χ3v) is 12.3. The van der Waals surface area contributed by atoms with Crippen molar-refractivity contribution in [2.75, 3.05) is 13.6 Å². The smallest absolute Gasteiger partial charge is 0.241 e. The molecule has 1 saturated heterocycles. The molecule has 1 aliphatic heterocycles. The summed E-state index contributed by atoms with van der Waals surface area (Å²) in [6.07, 6.45) is -1.78. The number of hydrogen-bond donors (Lipinski definition) is 4. The van der Waals surface area contributed by atoms with Gasteiger partial charge in [-0.15, -0.1) is 0 Å². The minimum Gasteiger partial charge on any atom is -0.392 e. The Kier molecular flexibility index (Phi) is 14.1. The van der Waals surface area contributed by atoms with Crippen molar-refractivity contribution in [3.8, 4) is 0 Å². The van der Waals surface area contributed by atoms with E-state index in [0.717, 1.165) is 38.9 Å². The van der Waals surface area contributed by atoms with Gasteiger partial charge < -0.3 is 25.0 Å². The molecule has 1 amide bonds. The molecule has 1 heterocycles. The molecule has 0 saturated carbocycles. The molecule has 1 aliphatic rings. The Hall–Kier alpha value is -4.72. The number of amides is 1. The number of carbonyl (C=O) groups excluding carboxylic acids is 1. The summed E-state index contributed by atoms with van der Waals surface area (Å²) in [5.41, 5.74) is 6.00. The third kappa shape index (κ3) is 10.8. The van der Waals surface area contributed by atoms with E-state index in [4.69, 9.17) is 9.47 Å². The summed E-state index contributed by atoms with van der Waals surface area (Å²) in [4.78, 5) is 15.8. The molecule has 0 radical (unpaired) electrons. The number of hydrogen-bond acceptors (Lipinski definition) is 8. The van der Waals surface area contributed by atoms with Crippen LogP contribution in [0, 0.1) is 12.8 Å². The molecular weight excluding hydrogens is 739 g/mol. The van der Waals surface area contributed by atoms with Crippen LogP contribution < -0.4 is 10.0 Å². The van der Waals surface area contributed by atoms with Crippen molar-refractivity contribution >= 4 is 15.9 Å². The van der Waals surface area contributed by atoms with E-state index in [1.54, 1.807) is 12.1 Å². The van der Waals surface area contributed by atoms with Crippen molar-refractivity contribution in [1.29, 1.82) is 0 Å². The largest absolute Gasteiger partial charge is 0.392 e. The molecule has 5 aromatic carbocycles. The molecule has 6 rings (SSSR count). The van der Waals surface area contributed by atoms with Crippen LogP contribution >= 0.6 is 0 Å². The topological polar surface area (TPSA) is 137 Å². The molecule has 57 heavy (non-hydrogen) atoms. The summed E-state index contributed by atoms with van der Waals surface area (Å²) in [5, 5.41) is 23.8. The monoisotopic (exact) mass is 791 g/mol. The third-order valence-electron chi connectivity index (χ3n) is 10.8. The van der Waals surface area contributed by atoms with E-state index >= 15 is 0 Å². The number of nitrogens with zero attached hydrogens (tertiary/aromatic N) is 1. The van der Waals surface area contributed by atoms with Gasteiger partial charge in [0.2, 0.25) is 15.9 Å². The van der Waals surface area contributed by atoms with E-state index in [9.17, 15) is 23.4 Å². The highest BCUT2D eigenvalue weighted by atomic mass is 32.2. The lowest BCUT2D eigenvalue weighted by atomic mass is 9.89. The van der Waals surface area contributed by atoms with Crippen molar-refractivity contribution in [2.45, 2.75) is 81.9 Å². The van der Waals surface area contributed by atoms with Gasteiger partial charge in [0.15, 0.2) is 6.29 Å². The molecule has 0 aliphatic carbocycles. The van der Waals surface area contributed by atoms with E-state index in [1.165, 1.54) is 12.1 Å². The van der Waals surface area contributed by atoms with Crippen LogP contribution in [0.15, 0.2) is 138 Å². The molecule has 300 valence electrons. The lowest BCUT2D eigenvalue weighted by molar-refractivity contribution is -0.276. The van der Waals surface area contributed by atoms with E-state index in [2.05, 4.69) is 21.9 Å². The van der Waals surface area contributed by atoms with E-state index in [1.807, 2.05) is 130 Å². The Labute approximate surface area is 336 Å². The Morgan fingerprint density at radius 2 is 1.39 bits per heavy atom. The van der Waals surface area contributed by atoms with Gasteiger partial charge in [-0.05, 0) is 67.3 Å². The number of sulfonamides is 1. The zero-order chi connectivity index (χ0) is 40.5. The fraction of sp³-hybridized carbons (Fsp3) is 0.326. The van der Waals surface area contributed by atoms with Crippen molar-refractivity contribution in [2.24, 2.45) is 5.92 Å². The average Bonchev–Trinajstić information content (AvgIpc) is 3.23. The fourth-order valence-corrected chi connectivity index (χ4v) is 8.26. The predicted molar refractivity (Wildman–Crippen MR) is 220 cm³/mol. The maximum absolute atomic E-state index is 13.6. The average molecular weight is 792 g/mol. The number of carbonyl (C=O) groups is 1. The van der Waals surface area contributed by atoms with E-state index in [-0.39, 0.29) is 48.6 Å². The Morgan fingerprint density at radius 1 is 0.789 bits per heavy atom. The molecule has 0 spiro atoms. The summed E-state index contributed by atoms with van der Waals surface area (Å²) in [6, 6.07) is 39.6. The summed E-state index contributed by atoms with van der Waals surface area (Å²) < 4.78 is 42.7. The van der Waals surface area contributed by atoms with Crippen molar-refractivity contribution < 1.29 is 32.9 Å². The quantitative estimate of drug-likeness (QED) is 0.0885. The molecule has 7 atom stereocenters. The highest BCUT2D eigenvalue weighted by Crippen LogP contribution is 2.42. The van der Waals surface area contributed by atoms with Gasteiger partial charge >= 0.3 is 0 Å². The van der Waals surface area contributed by atoms with E-state index in [0.29, 0.717) is 6.54 Å². The van der Waals surface area contributed by atoms with Crippen molar-refractivity contribution in [1.82, 2.24) is 14.9 Å². The van der Waals surface area contributed by atoms with Gasteiger partial charge in [0, 0.05) is 30.6 Å². The van der Waals surface area contributed by atoms with Crippen LogP contribution in [0.2, 0.25) is 0 Å². The van der Waals surface area contributed by atoms with Gasteiger partial charge in [-0.1, -0.05) is 134 Å². The number of aliphatic hydroxyl groups is 2. The van der Waals surface area contributed by atoms with Crippen LogP contribution in [0.3, 0.4) is 0 Å². The number of likely N-dealkylation sites (N-methyl/N-ethyl adjacent to an activating group) is 1. The SMILES string of the molecule is Cc1ccc(S(=O)(=O)N[C@H](Cc2ccccc2)C(=O)NCc2ccc([C@H]3O[C@@H](CN(C)[C@H](C)[C@@H](O)c4ccccc4)[C@@H](C)[C@@H](c4ccc(CO)cc4)O3)cc2)cc1. The number of rotatable bonds is 16. The van der Waals surface area contributed by atoms with Gasteiger partial charge in [0.25, 0.3) is 0 Å². The molecule has 0 aromatic heterocycles. The summed E-state index contributed by atoms with van der Waals surface area (Å²) >= 11 is 0. The van der Waals surface area contributed by atoms with E-state index < -0.39 is 34.4 Å². The second-order valence-corrected chi connectivity index (χ2v) is 16.7. The highest BCUT2D eigenvalue weighted by Gasteiger charge is 2.39. The first-order chi connectivity index (χ1) is 27.4. The predicted octanol–water partition coefficient (Wildman–Crippen LogP) is 6.54. The molecule has 4 N–H and O–H groups in total. The van der Waals surface area contributed by atoms with Crippen molar-refractivity contribution in [3.05, 3.63) is 172 Å². The molecule has 5 aromatic rings. The van der Waals surface area contributed by atoms with Gasteiger partial charge in [0.1, 0.15) is 6.04 Å². The second-order valence-electron chi connectivity index (χ2n) is 15.0. The van der Waals surface area contributed by atoms with Crippen LogP contribution in [0.1, 0.15) is 71.3 Å². The molecule has 1 fully saturated rings. The first-order valence-corrected chi connectivity index (χ1v) is 20.8. The highest BCUT2D eigenvalue weighted by molar-refractivity contribution is 7.89. The Morgan fingerprint density at radius 3 is 2.02 bits per heavy atom. The van der Waals surface area contributed by atoms with Gasteiger partial charge in [-0.2, -0.15) is 4.72 Å². The van der Waals surface area contributed by atoms with Crippen LogP contribution in [-0.2, 0) is 43.9 Å². The number of nitrogens with one attached hydrogen (secondary N) is 2. The zero-order valence-electron chi connectivity index (χ0n) is 32.9. The number of benzene rings is 5. The normalized spacial score (nSPS) is 20.1. The summed E-state index contributed by atoms with van der Waals surface area (Å²) in [5.74, 6) is -0.494. The molecular formula is C46H53N3O7S. The Balaban J connectivity index is 1.16. The zero-order valence-corrected chi connectivity index (χ0v) is 33.7. The summed E-state index contributed by atoms with van der Waals surface area (Å²) in [7, 11) is -1.98. The van der Waals surface area contributed by atoms with Crippen LogP contribution in [-0.4, -0.2) is 61.2 Å². The standard InChI is InChI=1S/C46H53N3O7S/c1-31-15-25-40(26-16-31)57(53,54)48-41(27-34-11-7-5-8-12-34)45(52)47-28-35-17-23-39(24-18-35)46-55-42(29-49(4)33(3)43(51)37-13-9-6-10-14-37)32(2)44(56-46)38-21-19-36(30-50)20-22-38/h5-26,32-33,41-44,46,48,50-51H,27-30H2,1-4H3,(H,47,52)/t32-,33-,41-,42+,43-,44+,46+/m1/s1. The Bertz CT molecular complexity index is 2140. The number of aryl methyl sites for hydroxylation is 1. The maximum Gasteiger partial charge on any atom is 0.241 e. The molecule has 11 heteroatoms. The first-order valence-electron chi connectivity index (χ1n) is 19.3. The van der Waals surface area contributed by atoms with Gasteiger partial charge in [-0.25, -0.2) is 8.42 Å². The lowest BCUT2D eigenvalue weighted by Gasteiger charge is -2.43. The lowest BCUT2D eigenvalue weighted by Crippen LogP contribution is -2.47. The second kappa shape index (κ2) is 19.1. The first kappa shape index (κ1) is 41.9. The molecule has 0 bridgehead atoms. The molecule has 10 nitrogen and oxygen atoms in total. The van der Waals surface area contributed by atoms with Gasteiger partial charge in [0.05, 0.1) is 29.8 Å². The number of aliphatic hydroxyl groups excluding tert-OH is 2. The van der Waals surface area contributed by atoms with Crippen LogP contribution in [0.5, 0.6) is 0 Å². The summed E-state index contributed by atoms with van der Waals surface area (Å²) in [6.45, 7) is 6.66. The minimum atomic E-state index is -3.97. The minimum absolute atomic E-state index is 0.0495. The van der Waals surface area contributed by atoms with Crippen LogP contribution in [0.25, 0.3) is 0 Å². The van der Waals surface area contributed by atoms with Gasteiger partial charge in [-0.3, -0.25) is 9.69 Å². The molecule has 0 unspecified atom stereocenters.